The average molecular weight is 461 g/mol. The highest BCUT2D eigenvalue weighted by Gasteiger charge is 2.17. The molecule has 5 rings (SSSR count). The fraction of sp³-hybridized carbons (Fsp3) is 0.346. The molecule has 1 aliphatic rings. The van der Waals surface area contributed by atoms with E-state index < -0.39 is 0 Å². The first-order chi connectivity index (χ1) is 16.1. The number of nitrogens with one attached hydrogen (secondary N) is 1. The van der Waals surface area contributed by atoms with Crippen LogP contribution in [0.3, 0.4) is 0 Å². The molecule has 0 bridgehead atoms. The maximum Gasteiger partial charge on any atom is 0.256 e. The van der Waals surface area contributed by atoms with E-state index in [0.29, 0.717) is 18.0 Å². The van der Waals surface area contributed by atoms with Crippen molar-refractivity contribution in [1.29, 1.82) is 0 Å². The number of aromatic nitrogens is 3. The van der Waals surface area contributed by atoms with Gasteiger partial charge in [0.05, 0.1) is 22.5 Å². The molecular formula is C26H28N4O2S. The fourth-order valence-corrected chi connectivity index (χ4v) is 5.17. The highest BCUT2D eigenvalue weighted by atomic mass is 32.1. The number of rotatable bonds is 7. The SMILES string of the molecule is CCCCOc1ccc(C(=O)Nc2cc(C)nn2-c2nc3cc4c(cc3s2)CCCC4)cc1. The summed E-state index contributed by atoms with van der Waals surface area (Å²) in [6, 6.07) is 13.6. The van der Waals surface area contributed by atoms with Gasteiger partial charge in [-0.1, -0.05) is 24.7 Å². The predicted octanol–water partition coefficient (Wildman–Crippen LogP) is 6.10. The minimum absolute atomic E-state index is 0.187. The number of fused-ring (bicyclic) bond motifs is 2. The Morgan fingerprint density at radius 1 is 1.12 bits per heavy atom. The van der Waals surface area contributed by atoms with Crippen LogP contribution in [-0.4, -0.2) is 27.3 Å². The molecule has 6 nitrogen and oxygen atoms in total. The van der Waals surface area contributed by atoms with Gasteiger partial charge in [-0.15, -0.1) is 0 Å². The van der Waals surface area contributed by atoms with E-state index in [-0.39, 0.29) is 5.91 Å². The van der Waals surface area contributed by atoms with Crippen molar-refractivity contribution in [1.82, 2.24) is 14.8 Å². The zero-order chi connectivity index (χ0) is 22.8. The smallest absolute Gasteiger partial charge is 0.256 e. The van der Waals surface area contributed by atoms with E-state index in [1.807, 2.05) is 25.1 Å². The highest BCUT2D eigenvalue weighted by Crippen LogP contribution is 2.32. The average Bonchev–Trinajstić information content (AvgIpc) is 3.40. The number of anilines is 1. The van der Waals surface area contributed by atoms with Crippen molar-refractivity contribution in [2.45, 2.75) is 52.4 Å². The maximum absolute atomic E-state index is 12.9. The molecule has 170 valence electrons. The van der Waals surface area contributed by atoms with Crippen LogP contribution in [0.2, 0.25) is 0 Å². The number of nitrogens with zero attached hydrogens (tertiary/aromatic N) is 3. The summed E-state index contributed by atoms with van der Waals surface area (Å²) in [6.45, 7) is 4.73. The van der Waals surface area contributed by atoms with Crippen LogP contribution in [0.4, 0.5) is 5.82 Å². The zero-order valence-corrected chi connectivity index (χ0v) is 19.9. The molecule has 0 aliphatic heterocycles. The van der Waals surface area contributed by atoms with Gasteiger partial charge in [0, 0.05) is 11.6 Å². The van der Waals surface area contributed by atoms with Crippen LogP contribution in [-0.2, 0) is 12.8 Å². The van der Waals surface area contributed by atoms with Crippen LogP contribution in [0.25, 0.3) is 15.3 Å². The van der Waals surface area contributed by atoms with E-state index in [4.69, 9.17) is 9.72 Å². The van der Waals surface area contributed by atoms with E-state index in [2.05, 4.69) is 29.5 Å². The third kappa shape index (κ3) is 4.64. The largest absolute Gasteiger partial charge is 0.494 e. The Morgan fingerprint density at radius 2 is 1.88 bits per heavy atom. The lowest BCUT2D eigenvalue weighted by Gasteiger charge is -2.14. The number of hydrogen-bond donors (Lipinski definition) is 1. The molecule has 33 heavy (non-hydrogen) atoms. The monoisotopic (exact) mass is 460 g/mol. The second kappa shape index (κ2) is 9.35. The van der Waals surface area contributed by atoms with Gasteiger partial charge in [0.2, 0.25) is 5.13 Å². The first kappa shape index (κ1) is 21.6. The van der Waals surface area contributed by atoms with Crippen LogP contribution in [0.15, 0.2) is 42.5 Å². The highest BCUT2D eigenvalue weighted by molar-refractivity contribution is 7.20. The molecule has 1 amide bonds. The van der Waals surface area contributed by atoms with Gasteiger partial charge in [-0.2, -0.15) is 9.78 Å². The predicted molar refractivity (Wildman–Crippen MR) is 133 cm³/mol. The molecule has 0 unspecified atom stereocenters. The van der Waals surface area contributed by atoms with Crippen molar-refractivity contribution >= 4 is 33.3 Å². The summed E-state index contributed by atoms with van der Waals surface area (Å²) in [5, 5.41) is 8.37. The lowest BCUT2D eigenvalue weighted by molar-refractivity contribution is 0.102. The van der Waals surface area contributed by atoms with Crippen LogP contribution >= 0.6 is 11.3 Å². The Kier molecular flexibility index (Phi) is 6.13. The molecule has 0 atom stereocenters. The number of carbonyl (C=O) groups excluding carboxylic acids is 1. The number of carbonyl (C=O) groups is 1. The van der Waals surface area contributed by atoms with Crippen molar-refractivity contribution < 1.29 is 9.53 Å². The fourth-order valence-electron chi connectivity index (χ4n) is 4.19. The third-order valence-corrected chi connectivity index (χ3v) is 6.97. The van der Waals surface area contributed by atoms with E-state index in [1.54, 1.807) is 28.2 Å². The number of ether oxygens (including phenoxy) is 1. The molecule has 0 fully saturated rings. The maximum atomic E-state index is 12.9. The van der Waals surface area contributed by atoms with Crippen LogP contribution in [0.5, 0.6) is 5.75 Å². The summed E-state index contributed by atoms with van der Waals surface area (Å²) < 4.78 is 8.59. The van der Waals surface area contributed by atoms with Crippen LogP contribution < -0.4 is 10.1 Å². The molecule has 2 heterocycles. The Balaban J connectivity index is 1.37. The third-order valence-electron chi connectivity index (χ3n) is 5.98. The van der Waals surface area contributed by atoms with Crippen molar-refractivity contribution in [3.63, 3.8) is 0 Å². The van der Waals surface area contributed by atoms with Crippen molar-refractivity contribution in [2.75, 3.05) is 11.9 Å². The molecular weight excluding hydrogens is 432 g/mol. The normalized spacial score (nSPS) is 13.2. The van der Waals surface area contributed by atoms with Gasteiger partial charge >= 0.3 is 0 Å². The second-order valence-corrected chi connectivity index (χ2v) is 9.56. The van der Waals surface area contributed by atoms with Crippen molar-refractivity contribution in [3.05, 3.63) is 64.8 Å². The molecule has 2 aromatic heterocycles. The van der Waals surface area contributed by atoms with E-state index in [0.717, 1.165) is 52.5 Å². The number of thiazole rings is 1. The Bertz CT molecular complexity index is 1250. The van der Waals surface area contributed by atoms with E-state index in [1.165, 1.54) is 24.0 Å². The quantitative estimate of drug-likeness (QED) is 0.338. The number of unbranched alkanes of at least 4 members (excludes halogenated alkanes) is 1. The summed E-state index contributed by atoms with van der Waals surface area (Å²) in [6.07, 6.45) is 6.87. The van der Waals surface area contributed by atoms with Crippen LogP contribution in [0, 0.1) is 6.92 Å². The number of amides is 1. The van der Waals surface area contributed by atoms with E-state index >= 15 is 0 Å². The number of hydrogen-bond acceptors (Lipinski definition) is 5. The minimum atomic E-state index is -0.187. The summed E-state index contributed by atoms with van der Waals surface area (Å²) in [7, 11) is 0. The van der Waals surface area contributed by atoms with Gasteiger partial charge in [-0.05, 0) is 86.6 Å². The summed E-state index contributed by atoms with van der Waals surface area (Å²) in [4.78, 5) is 17.8. The van der Waals surface area contributed by atoms with Crippen LogP contribution in [0.1, 0.15) is 59.8 Å². The first-order valence-corrected chi connectivity index (χ1v) is 12.5. The van der Waals surface area contributed by atoms with Gasteiger partial charge in [-0.25, -0.2) is 4.98 Å². The number of benzene rings is 2. The lowest BCUT2D eigenvalue weighted by Crippen LogP contribution is -2.15. The van der Waals surface area contributed by atoms with Gasteiger partial charge in [0.25, 0.3) is 5.91 Å². The van der Waals surface area contributed by atoms with E-state index in [9.17, 15) is 4.79 Å². The molecule has 7 heteroatoms. The molecule has 4 aromatic rings. The lowest BCUT2D eigenvalue weighted by atomic mass is 9.92. The molecule has 0 saturated carbocycles. The van der Waals surface area contributed by atoms with Crippen molar-refractivity contribution in [2.24, 2.45) is 0 Å². The summed E-state index contributed by atoms with van der Waals surface area (Å²) >= 11 is 1.61. The summed E-state index contributed by atoms with van der Waals surface area (Å²) in [5.41, 5.74) is 5.25. The second-order valence-electron chi connectivity index (χ2n) is 8.56. The topological polar surface area (TPSA) is 69.0 Å². The molecule has 1 aliphatic carbocycles. The Morgan fingerprint density at radius 3 is 2.64 bits per heavy atom. The zero-order valence-electron chi connectivity index (χ0n) is 19.1. The summed E-state index contributed by atoms with van der Waals surface area (Å²) in [5.74, 6) is 1.20. The molecule has 0 spiro atoms. The molecule has 2 aromatic carbocycles. The molecule has 1 N–H and O–H groups in total. The molecule has 0 saturated heterocycles. The Hall–Kier alpha value is -3.19. The van der Waals surface area contributed by atoms with Gasteiger partial charge in [-0.3, -0.25) is 4.79 Å². The first-order valence-electron chi connectivity index (χ1n) is 11.6. The standard InChI is InChI=1S/C26H28N4O2S/c1-3-4-13-32-21-11-9-18(10-12-21)25(31)28-24-14-17(2)29-30(24)26-27-22-15-19-7-5-6-8-20(19)16-23(22)33-26/h9-12,14-16H,3-8,13H2,1-2H3,(H,28,31). The van der Waals surface area contributed by atoms with Crippen molar-refractivity contribution in [3.8, 4) is 10.9 Å². The Labute approximate surface area is 197 Å². The molecule has 0 radical (unpaired) electrons. The number of aryl methyl sites for hydroxylation is 3. The van der Waals surface area contributed by atoms with Gasteiger partial charge in [0.15, 0.2) is 0 Å². The van der Waals surface area contributed by atoms with Gasteiger partial charge < -0.3 is 10.1 Å². The van der Waals surface area contributed by atoms with Gasteiger partial charge in [0.1, 0.15) is 11.6 Å². The minimum Gasteiger partial charge on any atom is -0.494 e.